The van der Waals surface area contributed by atoms with Crippen molar-refractivity contribution in [3.05, 3.63) is 162 Å². The predicted octanol–water partition coefficient (Wildman–Crippen LogP) is 9.07. The molecule has 2 heterocycles. The summed E-state index contributed by atoms with van der Waals surface area (Å²) < 4.78 is 14.1. The standard InChI is InChI=1S/C56H62FN5O6/c57-43-23-29-46(30-24-43)60(37-39-19-25-44(26-20-39)58-51(63)47-17-11-35-61(47)53(65)49(41-13-3-1-4-14-41)55(67)31-7-8-32-55)38-40-21-27-45(28-22-40)59-52(64)48-18-12-36-62(48)54(66)50(42-15-5-2-6-16-42)56(68)33-9-10-34-56/h1-6,13-16,19-30,47-50,67-68H,7-12,17-18,31-38H2,(H,58,63)(H,59,64). The van der Waals surface area contributed by atoms with Crippen LogP contribution in [0.25, 0.3) is 0 Å². The molecule has 2 aliphatic heterocycles. The quantitative estimate of drug-likeness (QED) is 0.0821. The second kappa shape index (κ2) is 20.5. The lowest BCUT2D eigenvalue weighted by Gasteiger charge is -2.36. The first-order valence-corrected chi connectivity index (χ1v) is 24.4. The molecule has 4 amide bonds. The number of likely N-dealkylation sites (tertiary alicyclic amines) is 2. The average Bonchev–Trinajstić information content (AvgIpc) is 4.20. The molecule has 0 spiro atoms. The first-order valence-electron chi connectivity index (χ1n) is 24.4. The molecule has 0 aromatic heterocycles. The molecule has 0 bridgehead atoms. The van der Waals surface area contributed by atoms with Gasteiger partial charge in [0.05, 0.1) is 23.0 Å². The number of carbonyl (C=O) groups is 4. The van der Waals surface area contributed by atoms with Crippen molar-refractivity contribution in [2.45, 2.75) is 125 Å². The zero-order valence-corrected chi connectivity index (χ0v) is 38.6. The Balaban J connectivity index is 0.839. The molecule has 4 N–H and O–H groups in total. The third-order valence-corrected chi connectivity index (χ3v) is 14.8. The fourth-order valence-corrected chi connectivity index (χ4v) is 11.3. The fraction of sp³-hybridized carbons (Fsp3) is 0.393. The Morgan fingerprint density at radius 2 is 0.926 bits per heavy atom. The van der Waals surface area contributed by atoms with Gasteiger partial charge in [-0.05, 0) is 122 Å². The van der Waals surface area contributed by atoms with Gasteiger partial charge >= 0.3 is 0 Å². The molecule has 2 saturated carbocycles. The highest BCUT2D eigenvalue weighted by Gasteiger charge is 2.50. The number of rotatable bonds is 15. The van der Waals surface area contributed by atoms with Crippen molar-refractivity contribution in [3.8, 4) is 0 Å². The molecule has 0 radical (unpaired) electrons. The van der Waals surface area contributed by atoms with Crippen LogP contribution in [-0.4, -0.2) is 80.0 Å². The van der Waals surface area contributed by atoms with Gasteiger partial charge in [0.25, 0.3) is 0 Å². The number of nitrogens with one attached hydrogen (secondary N) is 2. The van der Waals surface area contributed by atoms with Crippen LogP contribution in [0.5, 0.6) is 0 Å². The normalized spacial score (nSPS) is 20.5. The van der Waals surface area contributed by atoms with E-state index in [1.165, 1.54) is 12.1 Å². The Morgan fingerprint density at radius 3 is 1.31 bits per heavy atom. The summed E-state index contributed by atoms with van der Waals surface area (Å²) in [7, 11) is 0. The van der Waals surface area contributed by atoms with Gasteiger partial charge in [-0.3, -0.25) is 19.2 Å². The van der Waals surface area contributed by atoms with E-state index in [-0.39, 0.29) is 29.4 Å². The molecule has 11 nitrogen and oxygen atoms in total. The zero-order valence-electron chi connectivity index (χ0n) is 38.6. The molecule has 2 saturated heterocycles. The fourth-order valence-electron chi connectivity index (χ4n) is 11.3. The Hall–Kier alpha value is -6.37. The monoisotopic (exact) mass is 919 g/mol. The first kappa shape index (κ1) is 46.7. The lowest BCUT2D eigenvalue weighted by atomic mass is 9.79. The number of anilines is 3. The third-order valence-electron chi connectivity index (χ3n) is 14.8. The van der Waals surface area contributed by atoms with Gasteiger partial charge < -0.3 is 35.5 Å². The van der Waals surface area contributed by atoms with Crippen molar-refractivity contribution in [1.82, 2.24) is 9.80 Å². The number of benzene rings is 5. The smallest absolute Gasteiger partial charge is 0.247 e. The van der Waals surface area contributed by atoms with Gasteiger partial charge in [-0.15, -0.1) is 0 Å². The first-order chi connectivity index (χ1) is 33.0. The maximum Gasteiger partial charge on any atom is 0.247 e. The Bertz CT molecular complexity index is 2370. The molecule has 4 aliphatic rings. The summed E-state index contributed by atoms with van der Waals surface area (Å²) in [6.45, 7) is 1.85. The maximum atomic E-state index is 14.3. The number of hydrogen-bond donors (Lipinski definition) is 4. The lowest BCUT2D eigenvalue weighted by Crippen LogP contribution is -2.50. The molecule has 354 valence electrons. The van der Waals surface area contributed by atoms with Crippen LogP contribution in [0, 0.1) is 5.82 Å². The molecule has 4 fully saturated rings. The summed E-state index contributed by atoms with van der Waals surface area (Å²) in [4.78, 5) is 61.7. The van der Waals surface area contributed by atoms with Crippen LogP contribution in [0.2, 0.25) is 0 Å². The van der Waals surface area contributed by atoms with Crippen molar-refractivity contribution < 1.29 is 33.8 Å². The topological polar surface area (TPSA) is 143 Å². The molecule has 5 aromatic carbocycles. The van der Waals surface area contributed by atoms with E-state index in [9.17, 15) is 33.8 Å². The van der Waals surface area contributed by atoms with Crippen molar-refractivity contribution in [2.24, 2.45) is 0 Å². The van der Waals surface area contributed by atoms with Gasteiger partial charge in [0.2, 0.25) is 23.6 Å². The minimum atomic E-state index is -1.14. The summed E-state index contributed by atoms with van der Waals surface area (Å²) in [5, 5.41) is 29.5. The van der Waals surface area contributed by atoms with Crippen LogP contribution in [0.15, 0.2) is 133 Å². The van der Waals surface area contributed by atoms with Crippen molar-refractivity contribution >= 4 is 40.7 Å². The minimum absolute atomic E-state index is 0.202. The second-order valence-corrected chi connectivity index (χ2v) is 19.4. The van der Waals surface area contributed by atoms with Crippen LogP contribution >= 0.6 is 0 Å². The number of halogens is 1. The molecule has 4 atom stereocenters. The average molecular weight is 920 g/mol. The minimum Gasteiger partial charge on any atom is -0.389 e. The van der Waals surface area contributed by atoms with Gasteiger partial charge in [-0.2, -0.15) is 0 Å². The molecule has 68 heavy (non-hydrogen) atoms. The summed E-state index contributed by atoms with van der Waals surface area (Å²) in [5.74, 6) is -2.72. The third kappa shape index (κ3) is 10.2. The van der Waals surface area contributed by atoms with E-state index in [4.69, 9.17) is 0 Å². The zero-order chi connectivity index (χ0) is 47.3. The second-order valence-electron chi connectivity index (χ2n) is 19.4. The summed E-state index contributed by atoms with van der Waals surface area (Å²) in [5.41, 5.74) is 3.18. The van der Waals surface area contributed by atoms with Gasteiger partial charge in [0.1, 0.15) is 17.9 Å². The molecular formula is C56H62FN5O6. The highest BCUT2D eigenvalue weighted by atomic mass is 19.1. The van der Waals surface area contributed by atoms with E-state index in [0.29, 0.717) is 88.9 Å². The van der Waals surface area contributed by atoms with Crippen LogP contribution < -0.4 is 15.5 Å². The molecule has 2 aliphatic carbocycles. The molecule has 5 aromatic rings. The van der Waals surface area contributed by atoms with E-state index < -0.39 is 35.1 Å². The largest absolute Gasteiger partial charge is 0.389 e. The van der Waals surface area contributed by atoms with Gasteiger partial charge in [0.15, 0.2) is 0 Å². The van der Waals surface area contributed by atoms with Gasteiger partial charge in [-0.25, -0.2) is 4.39 Å². The molecular weight excluding hydrogens is 858 g/mol. The van der Waals surface area contributed by atoms with E-state index >= 15 is 0 Å². The van der Waals surface area contributed by atoms with Crippen LogP contribution in [0.4, 0.5) is 21.5 Å². The SMILES string of the molecule is O=C(Nc1ccc(CN(Cc2ccc(NC(=O)C3CCCN3C(=O)C(c3ccccc3)C3(O)CCCC3)cc2)c2ccc(F)cc2)cc1)C1CCCN1C(=O)C(c1ccccc1)C1(O)CCCC1. The Kier molecular flexibility index (Phi) is 14.1. The lowest BCUT2D eigenvalue weighted by molar-refractivity contribution is -0.144. The highest BCUT2D eigenvalue weighted by Crippen LogP contribution is 2.45. The number of aliphatic hydroxyl groups is 2. The van der Waals surface area contributed by atoms with Gasteiger partial charge in [-0.1, -0.05) is 111 Å². The summed E-state index contributed by atoms with van der Waals surface area (Å²) in [6, 6.07) is 39.1. The Morgan fingerprint density at radius 1 is 0.544 bits per heavy atom. The van der Waals surface area contributed by atoms with Crippen molar-refractivity contribution in [1.29, 1.82) is 0 Å². The van der Waals surface area contributed by atoms with Crippen LogP contribution in [0.3, 0.4) is 0 Å². The predicted molar refractivity (Wildman–Crippen MR) is 261 cm³/mol. The molecule has 12 heteroatoms. The molecule has 9 rings (SSSR count). The Labute approximate surface area is 398 Å². The van der Waals surface area contributed by atoms with Crippen molar-refractivity contribution in [3.63, 3.8) is 0 Å². The summed E-state index contributed by atoms with van der Waals surface area (Å²) in [6.07, 6.45) is 8.12. The van der Waals surface area contributed by atoms with E-state index in [2.05, 4.69) is 15.5 Å². The highest BCUT2D eigenvalue weighted by molar-refractivity contribution is 5.99. The number of amides is 4. The van der Waals surface area contributed by atoms with Crippen molar-refractivity contribution in [2.75, 3.05) is 28.6 Å². The van der Waals surface area contributed by atoms with Gasteiger partial charge in [0, 0.05) is 43.2 Å². The van der Waals surface area contributed by atoms with Crippen LogP contribution in [-0.2, 0) is 32.3 Å². The number of carbonyl (C=O) groups excluding carboxylic acids is 4. The molecule has 4 unspecified atom stereocenters. The number of nitrogens with zero attached hydrogens (tertiary/aromatic N) is 3. The van der Waals surface area contributed by atoms with E-state index in [1.54, 1.807) is 21.9 Å². The maximum absolute atomic E-state index is 14.3. The van der Waals surface area contributed by atoms with E-state index in [0.717, 1.165) is 53.6 Å². The number of hydrogen-bond acceptors (Lipinski definition) is 7. The van der Waals surface area contributed by atoms with Crippen LogP contribution in [0.1, 0.15) is 111 Å². The summed E-state index contributed by atoms with van der Waals surface area (Å²) >= 11 is 0. The van der Waals surface area contributed by atoms with E-state index in [1.807, 2.05) is 109 Å².